The SMILES string of the molecule is Cc1cc2ccc3ccc(cc3c2)c(C)cc2ccc3ccc1cc3c2. The molecule has 0 unspecified atom stereocenters. The molecule has 124 valence electrons. The number of hydrogen-bond donors (Lipinski definition) is 0. The first-order valence-electron chi connectivity index (χ1n) is 9.11. The highest BCUT2D eigenvalue weighted by Crippen LogP contribution is 2.24. The highest BCUT2D eigenvalue weighted by Gasteiger charge is 1.99. The van der Waals surface area contributed by atoms with E-state index >= 15 is 0 Å². The predicted octanol–water partition coefficient (Wildman–Crippen LogP) is 7.48. The number of hydrogen-bond acceptors (Lipinski definition) is 0. The van der Waals surface area contributed by atoms with Gasteiger partial charge in [-0.3, -0.25) is 0 Å². The van der Waals surface area contributed by atoms with Crippen LogP contribution in [-0.2, 0) is 0 Å². The van der Waals surface area contributed by atoms with Gasteiger partial charge in [-0.25, -0.2) is 0 Å². The first kappa shape index (κ1) is 15.2. The second-order valence-corrected chi connectivity index (χ2v) is 7.30. The summed E-state index contributed by atoms with van der Waals surface area (Å²) < 4.78 is 0. The number of benzene rings is 4. The molecule has 0 aliphatic rings. The zero-order valence-electron chi connectivity index (χ0n) is 15.1. The van der Waals surface area contributed by atoms with Gasteiger partial charge in [0.05, 0.1) is 0 Å². The van der Waals surface area contributed by atoms with Gasteiger partial charge in [-0.1, -0.05) is 60.7 Å². The second kappa shape index (κ2) is 5.71. The monoisotopic (exact) mass is 332 g/mol. The minimum Gasteiger partial charge on any atom is -0.0543 e. The zero-order chi connectivity index (χ0) is 17.7. The molecule has 0 saturated carbocycles. The molecule has 26 heavy (non-hydrogen) atoms. The van der Waals surface area contributed by atoms with Gasteiger partial charge in [0.25, 0.3) is 0 Å². The van der Waals surface area contributed by atoms with E-state index in [2.05, 4.69) is 98.8 Å². The predicted molar refractivity (Wildman–Crippen MR) is 115 cm³/mol. The molecule has 5 rings (SSSR count). The fourth-order valence-electron chi connectivity index (χ4n) is 3.87. The van der Waals surface area contributed by atoms with Gasteiger partial charge in [-0.05, 0) is 92.3 Å². The van der Waals surface area contributed by atoms with Crippen LogP contribution in [0.2, 0.25) is 0 Å². The number of aryl methyl sites for hydroxylation is 2. The molecule has 0 N–H and O–H groups in total. The summed E-state index contributed by atoms with van der Waals surface area (Å²) in [5, 5.41) is 10.2. The summed E-state index contributed by atoms with van der Waals surface area (Å²) in [6, 6.07) is 31.5. The second-order valence-electron chi connectivity index (χ2n) is 7.30. The lowest BCUT2D eigenvalue weighted by Crippen LogP contribution is -1.79. The van der Waals surface area contributed by atoms with Crippen LogP contribution < -0.4 is 0 Å². The molecule has 0 heteroatoms. The molecule has 0 radical (unpaired) electrons. The van der Waals surface area contributed by atoms with Gasteiger partial charge in [-0.15, -0.1) is 0 Å². The Morgan fingerprint density at radius 2 is 0.731 bits per heavy atom. The molecule has 0 atom stereocenters. The number of rotatable bonds is 0. The third-order valence-electron chi connectivity index (χ3n) is 5.41. The first-order chi connectivity index (χ1) is 12.7. The van der Waals surface area contributed by atoms with E-state index in [4.69, 9.17) is 0 Å². The molecular formula is C26H20. The molecule has 0 nitrogen and oxygen atoms in total. The fourth-order valence-corrected chi connectivity index (χ4v) is 3.87. The summed E-state index contributed by atoms with van der Waals surface area (Å²) >= 11 is 0. The van der Waals surface area contributed by atoms with Crippen molar-refractivity contribution < 1.29 is 0 Å². The Balaban J connectivity index is 2.03. The molecule has 0 amide bonds. The first-order valence-corrected chi connectivity index (χ1v) is 9.11. The van der Waals surface area contributed by atoms with E-state index < -0.39 is 0 Å². The molecule has 0 saturated heterocycles. The molecule has 0 aliphatic heterocycles. The van der Waals surface area contributed by atoms with Crippen molar-refractivity contribution in [3.05, 3.63) is 96.1 Å². The van der Waals surface area contributed by atoms with Gasteiger partial charge in [0.2, 0.25) is 0 Å². The van der Waals surface area contributed by atoms with Crippen LogP contribution in [0.5, 0.6) is 0 Å². The van der Waals surface area contributed by atoms with Crippen LogP contribution in [0.3, 0.4) is 0 Å². The van der Waals surface area contributed by atoms with Crippen molar-refractivity contribution >= 4 is 43.1 Å². The van der Waals surface area contributed by atoms with E-state index in [9.17, 15) is 0 Å². The molecule has 0 spiro atoms. The molecule has 0 heterocycles. The topological polar surface area (TPSA) is 0 Å². The van der Waals surface area contributed by atoms with Crippen LogP contribution in [0.15, 0.2) is 84.9 Å². The maximum atomic E-state index is 2.30. The van der Waals surface area contributed by atoms with Crippen molar-refractivity contribution in [3.8, 4) is 0 Å². The van der Waals surface area contributed by atoms with Gasteiger partial charge in [0, 0.05) is 0 Å². The third kappa shape index (κ3) is 2.55. The lowest BCUT2D eigenvalue weighted by molar-refractivity contribution is 1.55. The minimum atomic E-state index is 1.25. The van der Waals surface area contributed by atoms with Crippen molar-refractivity contribution in [1.29, 1.82) is 0 Å². The van der Waals surface area contributed by atoms with Gasteiger partial charge < -0.3 is 0 Å². The fraction of sp³-hybridized carbons (Fsp3) is 0.0769. The summed E-state index contributed by atoms with van der Waals surface area (Å²) in [5.41, 5.74) is 2.58. The Bertz CT molecular complexity index is 1230. The maximum absolute atomic E-state index is 2.30. The Morgan fingerprint density at radius 3 is 1.19 bits per heavy atom. The Hall–Kier alpha value is -3.12. The van der Waals surface area contributed by atoms with Gasteiger partial charge in [0.15, 0.2) is 0 Å². The summed E-state index contributed by atoms with van der Waals surface area (Å²) in [4.78, 5) is 0. The van der Waals surface area contributed by atoms with Crippen LogP contribution in [0.25, 0.3) is 43.1 Å². The molecule has 6 bridgehead atoms. The maximum Gasteiger partial charge on any atom is -0.0172 e. The van der Waals surface area contributed by atoms with Crippen molar-refractivity contribution in [2.24, 2.45) is 0 Å². The number of fused-ring (bicyclic) bond motifs is 4. The third-order valence-corrected chi connectivity index (χ3v) is 5.41. The quantitative estimate of drug-likeness (QED) is 0.276. The Morgan fingerprint density at radius 1 is 0.346 bits per heavy atom. The molecular weight excluding hydrogens is 312 g/mol. The van der Waals surface area contributed by atoms with Crippen LogP contribution in [0, 0.1) is 13.8 Å². The normalized spacial score (nSPS) is 11.5. The van der Waals surface area contributed by atoms with E-state index in [0.717, 1.165) is 0 Å². The van der Waals surface area contributed by atoms with E-state index in [1.165, 1.54) is 54.2 Å². The van der Waals surface area contributed by atoms with E-state index in [1.807, 2.05) is 0 Å². The van der Waals surface area contributed by atoms with Crippen LogP contribution in [0.4, 0.5) is 0 Å². The van der Waals surface area contributed by atoms with Gasteiger partial charge >= 0.3 is 0 Å². The average Bonchev–Trinajstić information content (AvgIpc) is 2.66. The summed E-state index contributed by atoms with van der Waals surface area (Å²) in [6.45, 7) is 4.39. The smallest absolute Gasteiger partial charge is 0.0172 e. The minimum absolute atomic E-state index is 1.25. The highest BCUT2D eigenvalue weighted by atomic mass is 14.0. The standard InChI is InChI=1S/C26H20/c1-17-11-19-3-5-22-8-10-24(16-26(22)13-19)18(2)12-20-4-6-21-7-9-23(17)15-25(21)14-20/h3-16H,1-2H3. The lowest BCUT2D eigenvalue weighted by atomic mass is 10.0. The lowest BCUT2D eigenvalue weighted by Gasteiger charge is -2.04. The Labute approximate surface area is 153 Å². The average molecular weight is 332 g/mol. The summed E-state index contributed by atoms with van der Waals surface area (Å²) in [6.07, 6.45) is 0. The molecule has 0 fully saturated rings. The van der Waals surface area contributed by atoms with Crippen LogP contribution in [-0.4, -0.2) is 0 Å². The summed E-state index contributed by atoms with van der Waals surface area (Å²) in [5.74, 6) is 0. The van der Waals surface area contributed by atoms with Crippen molar-refractivity contribution in [3.63, 3.8) is 0 Å². The van der Waals surface area contributed by atoms with Gasteiger partial charge in [-0.2, -0.15) is 0 Å². The molecule has 5 aromatic carbocycles. The van der Waals surface area contributed by atoms with Crippen molar-refractivity contribution in [2.45, 2.75) is 13.8 Å². The van der Waals surface area contributed by atoms with Crippen LogP contribution >= 0.6 is 0 Å². The van der Waals surface area contributed by atoms with E-state index in [-0.39, 0.29) is 0 Å². The molecule has 0 aliphatic carbocycles. The highest BCUT2D eigenvalue weighted by molar-refractivity contribution is 5.94. The van der Waals surface area contributed by atoms with Crippen molar-refractivity contribution in [1.82, 2.24) is 0 Å². The van der Waals surface area contributed by atoms with E-state index in [0.29, 0.717) is 0 Å². The zero-order valence-corrected chi connectivity index (χ0v) is 15.1. The van der Waals surface area contributed by atoms with Crippen LogP contribution in [0.1, 0.15) is 11.1 Å². The van der Waals surface area contributed by atoms with Gasteiger partial charge in [0.1, 0.15) is 0 Å². The molecule has 5 aromatic rings. The largest absolute Gasteiger partial charge is 0.0543 e. The Kier molecular flexibility index (Phi) is 3.33. The molecule has 0 aromatic heterocycles. The summed E-state index contributed by atoms with van der Waals surface area (Å²) in [7, 11) is 0. The van der Waals surface area contributed by atoms with Crippen molar-refractivity contribution in [2.75, 3.05) is 0 Å². The van der Waals surface area contributed by atoms with E-state index in [1.54, 1.807) is 0 Å².